The number of carbonyl (C=O) groups excluding carboxylic acids is 3. The molecule has 11 heteroatoms. The highest BCUT2D eigenvalue weighted by Crippen LogP contribution is 2.13. The van der Waals surface area contributed by atoms with E-state index in [0.29, 0.717) is 5.56 Å². The van der Waals surface area contributed by atoms with Crippen molar-refractivity contribution in [1.82, 2.24) is 10.6 Å². The van der Waals surface area contributed by atoms with E-state index >= 15 is 0 Å². The number of aliphatic hydroxyl groups is 1. The second-order valence-electron chi connectivity index (χ2n) is 6.95. The molecule has 0 bridgehead atoms. The number of nitrogens with zero attached hydrogens (tertiary/aromatic N) is 1. The van der Waals surface area contributed by atoms with Crippen molar-refractivity contribution in [2.24, 2.45) is 5.73 Å². The summed E-state index contributed by atoms with van der Waals surface area (Å²) in [5.41, 5.74) is 6.58. The molecule has 2 rings (SSSR count). The van der Waals surface area contributed by atoms with E-state index in [1.54, 1.807) is 24.3 Å². The zero-order chi connectivity index (χ0) is 23.5. The summed E-state index contributed by atoms with van der Waals surface area (Å²) in [5, 5.41) is 25.4. The maximum atomic E-state index is 12.1. The Labute approximate surface area is 183 Å². The lowest BCUT2D eigenvalue weighted by Gasteiger charge is -2.17. The predicted molar refractivity (Wildman–Crippen MR) is 113 cm³/mol. The fourth-order valence-corrected chi connectivity index (χ4v) is 2.73. The standard InChI is InChI=1S/C21H24N4O7/c22-20(28)18(10-14-6-8-16(9-7-14)25(30)31)24-19(27)11-17(26)12-23-21(29)32-13-15-4-2-1-3-5-15/h1-9,17-18,26H,10-13H2,(H2,22,28)(H,23,29)(H,24,27)/t17-,18-/m1/s1. The maximum absolute atomic E-state index is 12.1. The highest BCUT2D eigenvalue weighted by molar-refractivity contribution is 5.87. The van der Waals surface area contributed by atoms with Gasteiger partial charge in [0.05, 0.1) is 17.4 Å². The Morgan fingerprint density at radius 2 is 1.72 bits per heavy atom. The number of nitro benzene ring substituents is 1. The molecule has 0 saturated carbocycles. The van der Waals surface area contributed by atoms with Crippen LogP contribution in [-0.2, 0) is 27.4 Å². The van der Waals surface area contributed by atoms with E-state index in [1.807, 2.05) is 6.07 Å². The second kappa shape index (κ2) is 12.0. The summed E-state index contributed by atoms with van der Waals surface area (Å²) >= 11 is 0. The van der Waals surface area contributed by atoms with Gasteiger partial charge in [0.1, 0.15) is 12.6 Å². The van der Waals surface area contributed by atoms with Gasteiger partial charge in [-0.2, -0.15) is 0 Å². The number of amides is 3. The van der Waals surface area contributed by atoms with E-state index < -0.39 is 35.0 Å². The van der Waals surface area contributed by atoms with Gasteiger partial charge in [0.15, 0.2) is 0 Å². The van der Waals surface area contributed by atoms with Crippen molar-refractivity contribution < 1.29 is 29.2 Å². The van der Waals surface area contributed by atoms with Crippen LogP contribution in [0.25, 0.3) is 0 Å². The number of ether oxygens (including phenoxy) is 1. The summed E-state index contributed by atoms with van der Waals surface area (Å²) in [6.07, 6.45) is -2.32. The molecule has 32 heavy (non-hydrogen) atoms. The molecule has 170 valence electrons. The molecule has 0 aliphatic rings. The fourth-order valence-electron chi connectivity index (χ4n) is 2.73. The van der Waals surface area contributed by atoms with Crippen LogP contribution in [-0.4, -0.2) is 46.6 Å². The summed E-state index contributed by atoms with van der Waals surface area (Å²) in [6.45, 7) is -0.170. The Hall–Kier alpha value is -3.99. The van der Waals surface area contributed by atoms with E-state index in [0.717, 1.165) is 5.56 Å². The number of carbonyl (C=O) groups is 3. The molecule has 5 N–H and O–H groups in total. The molecule has 2 atom stereocenters. The molecule has 0 unspecified atom stereocenters. The number of benzene rings is 2. The molecule has 0 fully saturated rings. The Kier molecular flexibility index (Phi) is 9.11. The first-order valence-electron chi connectivity index (χ1n) is 9.69. The molecule has 0 aliphatic heterocycles. The van der Waals surface area contributed by atoms with Crippen LogP contribution in [0, 0.1) is 10.1 Å². The highest BCUT2D eigenvalue weighted by Gasteiger charge is 2.21. The van der Waals surface area contributed by atoms with Crippen molar-refractivity contribution in [1.29, 1.82) is 0 Å². The third-order valence-corrected chi connectivity index (χ3v) is 4.38. The molecule has 2 aromatic rings. The van der Waals surface area contributed by atoms with Gasteiger partial charge >= 0.3 is 6.09 Å². The third kappa shape index (κ3) is 8.40. The summed E-state index contributed by atoms with van der Waals surface area (Å²) in [5.74, 6) is -1.45. The SMILES string of the molecule is NC(=O)[C@@H](Cc1ccc([N+](=O)[O-])cc1)NC(=O)C[C@@H](O)CNC(=O)OCc1ccccc1. The molecular formula is C21H24N4O7. The van der Waals surface area contributed by atoms with Gasteiger partial charge in [-0.15, -0.1) is 0 Å². The van der Waals surface area contributed by atoms with Gasteiger partial charge in [-0.05, 0) is 11.1 Å². The lowest BCUT2D eigenvalue weighted by Crippen LogP contribution is -2.47. The average Bonchev–Trinajstić information content (AvgIpc) is 2.76. The normalized spacial score (nSPS) is 12.3. The molecule has 0 saturated heterocycles. The van der Waals surface area contributed by atoms with Crippen molar-refractivity contribution in [3.63, 3.8) is 0 Å². The number of primary amides is 1. The lowest BCUT2D eigenvalue weighted by molar-refractivity contribution is -0.384. The van der Waals surface area contributed by atoms with Crippen LogP contribution in [0.1, 0.15) is 17.5 Å². The second-order valence-corrected chi connectivity index (χ2v) is 6.95. The Balaban J connectivity index is 1.76. The zero-order valence-corrected chi connectivity index (χ0v) is 17.1. The number of aliphatic hydroxyl groups excluding tert-OH is 1. The van der Waals surface area contributed by atoms with Gasteiger partial charge in [0, 0.05) is 25.1 Å². The van der Waals surface area contributed by atoms with Crippen LogP contribution in [0.2, 0.25) is 0 Å². The van der Waals surface area contributed by atoms with Crippen LogP contribution >= 0.6 is 0 Å². The average molecular weight is 444 g/mol. The number of hydrogen-bond donors (Lipinski definition) is 4. The number of rotatable bonds is 11. The molecule has 0 aromatic heterocycles. The van der Waals surface area contributed by atoms with Crippen molar-refractivity contribution in [2.45, 2.75) is 31.6 Å². The largest absolute Gasteiger partial charge is 0.445 e. The minimum Gasteiger partial charge on any atom is -0.445 e. The molecule has 0 spiro atoms. The fraction of sp³-hybridized carbons (Fsp3) is 0.286. The van der Waals surface area contributed by atoms with Gasteiger partial charge in [-0.1, -0.05) is 42.5 Å². The first kappa shape index (κ1) is 24.3. The molecular weight excluding hydrogens is 420 g/mol. The van der Waals surface area contributed by atoms with Gasteiger partial charge < -0.3 is 26.2 Å². The summed E-state index contributed by atoms with van der Waals surface area (Å²) in [7, 11) is 0. The minimum atomic E-state index is -1.22. The zero-order valence-electron chi connectivity index (χ0n) is 17.1. The minimum absolute atomic E-state index is 0.0270. The van der Waals surface area contributed by atoms with E-state index in [2.05, 4.69) is 10.6 Å². The van der Waals surface area contributed by atoms with Crippen molar-refractivity contribution in [2.75, 3.05) is 6.54 Å². The third-order valence-electron chi connectivity index (χ3n) is 4.38. The Bertz CT molecular complexity index is 935. The van der Waals surface area contributed by atoms with Gasteiger partial charge in [0.25, 0.3) is 5.69 Å². The number of hydrogen-bond acceptors (Lipinski definition) is 7. The molecule has 3 amide bonds. The van der Waals surface area contributed by atoms with E-state index in [1.165, 1.54) is 24.3 Å². The predicted octanol–water partition coefficient (Wildman–Crippen LogP) is 0.785. The molecule has 0 heterocycles. The smallest absolute Gasteiger partial charge is 0.407 e. The van der Waals surface area contributed by atoms with Crippen LogP contribution in [0.4, 0.5) is 10.5 Å². The van der Waals surface area contributed by atoms with Gasteiger partial charge in [0.2, 0.25) is 11.8 Å². The number of alkyl carbamates (subject to hydrolysis) is 1. The van der Waals surface area contributed by atoms with Crippen LogP contribution in [0.5, 0.6) is 0 Å². The van der Waals surface area contributed by atoms with E-state index in [4.69, 9.17) is 10.5 Å². The topological polar surface area (TPSA) is 174 Å². The molecule has 2 aromatic carbocycles. The number of nitro groups is 1. The first-order chi connectivity index (χ1) is 15.2. The van der Waals surface area contributed by atoms with Crippen LogP contribution in [0.3, 0.4) is 0 Å². The highest BCUT2D eigenvalue weighted by atomic mass is 16.6. The van der Waals surface area contributed by atoms with Crippen molar-refractivity contribution >= 4 is 23.6 Å². The summed E-state index contributed by atoms with van der Waals surface area (Å²) < 4.78 is 5.00. The Morgan fingerprint density at radius 3 is 2.31 bits per heavy atom. The number of nitrogens with two attached hydrogens (primary N) is 1. The molecule has 0 radical (unpaired) electrons. The summed E-state index contributed by atoms with van der Waals surface area (Å²) in [4.78, 5) is 45.7. The maximum Gasteiger partial charge on any atom is 0.407 e. The van der Waals surface area contributed by atoms with Crippen molar-refractivity contribution in [3.8, 4) is 0 Å². The monoisotopic (exact) mass is 444 g/mol. The number of nitrogens with one attached hydrogen (secondary N) is 2. The first-order valence-corrected chi connectivity index (χ1v) is 9.69. The van der Waals surface area contributed by atoms with Gasteiger partial charge in [-0.25, -0.2) is 4.79 Å². The van der Waals surface area contributed by atoms with Crippen molar-refractivity contribution in [3.05, 3.63) is 75.8 Å². The van der Waals surface area contributed by atoms with Gasteiger partial charge in [-0.3, -0.25) is 19.7 Å². The Morgan fingerprint density at radius 1 is 1.06 bits per heavy atom. The van der Waals surface area contributed by atoms with E-state index in [9.17, 15) is 29.6 Å². The van der Waals surface area contributed by atoms with Crippen LogP contribution in [0.15, 0.2) is 54.6 Å². The number of non-ortho nitro benzene ring substituents is 1. The quantitative estimate of drug-likeness (QED) is 0.293. The lowest BCUT2D eigenvalue weighted by atomic mass is 10.0. The van der Waals surface area contributed by atoms with E-state index in [-0.39, 0.29) is 31.7 Å². The van der Waals surface area contributed by atoms with Crippen LogP contribution < -0.4 is 16.4 Å². The molecule has 0 aliphatic carbocycles. The molecule has 11 nitrogen and oxygen atoms in total. The summed E-state index contributed by atoms with van der Waals surface area (Å²) in [6, 6.07) is 13.4.